The number of rotatable bonds is 3. The summed E-state index contributed by atoms with van der Waals surface area (Å²) in [7, 11) is 1.65. The van der Waals surface area contributed by atoms with Crippen molar-refractivity contribution in [3.63, 3.8) is 0 Å². The van der Waals surface area contributed by atoms with Gasteiger partial charge in [0.1, 0.15) is 6.54 Å². The summed E-state index contributed by atoms with van der Waals surface area (Å²) in [6, 6.07) is 15.7. The summed E-state index contributed by atoms with van der Waals surface area (Å²) in [5.74, 6) is -0.910. The monoisotopic (exact) mass is 324 g/mol. The highest BCUT2D eigenvalue weighted by atomic mass is 16.2. The van der Waals surface area contributed by atoms with Crippen molar-refractivity contribution in [2.24, 2.45) is 7.05 Å². The molecule has 1 heterocycles. The number of hydrogen-bond donors (Lipinski definition) is 2. The van der Waals surface area contributed by atoms with Gasteiger partial charge in [-0.25, -0.2) is 4.79 Å². The number of fused-ring (bicyclic) bond motifs is 1. The third-order valence-corrected chi connectivity index (χ3v) is 3.70. The van der Waals surface area contributed by atoms with Crippen molar-refractivity contribution in [1.29, 1.82) is 0 Å². The van der Waals surface area contributed by atoms with Gasteiger partial charge in [0.25, 0.3) is 11.8 Å². The number of nitrogens with one attached hydrogen (secondary N) is 2. The highest BCUT2D eigenvalue weighted by molar-refractivity contribution is 5.95. The van der Waals surface area contributed by atoms with Crippen LogP contribution in [0.3, 0.4) is 0 Å². The number of carbonyl (C=O) groups excluding carboxylic acids is 2. The van der Waals surface area contributed by atoms with E-state index in [4.69, 9.17) is 0 Å². The first-order valence-electron chi connectivity index (χ1n) is 7.36. The minimum Gasteiger partial charge on any atom is -0.295 e. The molecule has 7 heteroatoms. The molecule has 0 saturated carbocycles. The second-order valence-corrected chi connectivity index (χ2v) is 5.28. The molecule has 0 aliphatic carbocycles. The van der Waals surface area contributed by atoms with E-state index in [1.165, 1.54) is 9.13 Å². The standard InChI is InChI=1S/C17H16N4O3/c1-20-13-9-5-6-10-14(13)21(17(20)24)11-15(22)18-19-16(23)12-7-3-2-4-8-12/h2-10H,11H2,1H3,(H,18,22)(H,19,23). The molecule has 0 atom stereocenters. The zero-order valence-corrected chi connectivity index (χ0v) is 13.0. The summed E-state index contributed by atoms with van der Waals surface area (Å²) < 4.78 is 2.84. The van der Waals surface area contributed by atoms with Crippen molar-refractivity contribution in [3.05, 3.63) is 70.6 Å². The van der Waals surface area contributed by atoms with E-state index < -0.39 is 11.8 Å². The Morgan fingerprint density at radius 3 is 2.25 bits per heavy atom. The Morgan fingerprint density at radius 2 is 1.54 bits per heavy atom. The Bertz CT molecular complexity index is 957. The fraction of sp³-hybridized carbons (Fsp3) is 0.118. The fourth-order valence-corrected chi connectivity index (χ4v) is 2.49. The van der Waals surface area contributed by atoms with Gasteiger partial charge < -0.3 is 0 Å². The van der Waals surface area contributed by atoms with E-state index in [0.29, 0.717) is 11.1 Å². The maximum Gasteiger partial charge on any atom is 0.329 e. The van der Waals surface area contributed by atoms with Gasteiger partial charge in [-0.15, -0.1) is 0 Å². The Labute approximate surface area is 137 Å². The van der Waals surface area contributed by atoms with Crippen molar-refractivity contribution in [2.45, 2.75) is 6.54 Å². The molecule has 0 aliphatic heterocycles. The van der Waals surface area contributed by atoms with Crippen LogP contribution < -0.4 is 16.5 Å². The number of aromatic nitrogens is 2. The highest BCUT2D eigenvalue weighted by Crippen LogP contribution is 2.10. The molecule has 24 heavy (non-hydrogen) atoms. The van der Waals surface area contributed by atoms with E-state index in [2.05, 4.69) is 10.9 Å². The Morgan fingerprint density at radius 1 is 0.917 bits per heavy atom. The molecule has 3 aromatic rings. The molecule has 0 saturated heterocycles. The lowest BCUT2D eigenvalue weighted by Crippen LogP contribution is -2.44. The summed E-state index contributed by atoms with van der Waals surface area (Å²) in [6.45, 7) is -0.185. The molecule has 2 amide bonds. The van der Waals surface area contributed by atoms with Gasteiger partial charge in [-0.2, -0.15) is 0 Å². The van der Waals surface area contributed by atoms with Gasteiger partial charge >= 0.3 is 5.69 Å². The van der Waals surface area contributed by atoms with Crippen LogP contribution in [0.1, 0.15) is 10.4 Å². The second-order valence-electron chi connectivity index (χ2n) is 5.28. The quantitative estimate of drug-likeness (QED) is 0.699. The molecule has 0 spiro atoms. The molecule has 3 rings (SSSR count). The van der Waals surface area contributed by atoms with E-state index in [1.807, 2.05) is 12.1 Å². The fourth-order valence-electron chi connectivity index (χ4n) is 2.49. The van der Waals surface area contributed by atoms with Gasteiger partial charge in [0.05, 0.1) is 11.0 Å². The first-order chi connectivity index (χ1) is 11.6. The first-order valence-corrected chi connectivity index (χ1v) is 7.36. The lowest BCUT2D eigenvalue weighted by Gasteiger charge is -2.08. The minimum atomic E-state index is -0.488. The molecule has 0 aliphatic rings. The summed E-state index contributed by atoms with van der Waals surface area (Å²) >= 11 is 0. The van der Waals surface area contributed by atoms with Crippen LogP contribution in [0.25, 0.3) is 11.0 Å². The topological polar surface area (TPSA) is 85.1 Å². The van der Waals surface area contributed by atoms with Crippen LogP contribution in [-0.2, 0) is 18.4 Å². The lowest BCUT2D eigenvalue weighted by atomic mass is 10.2. The Hall–Kier alpha value is -3.35. The summed E-state index contributed by atoms with van der Waals surface area (Å²) in [6.07, 6.45) is 0. The van der Waals surface area contributed by atoms with Gasteiger partial charge in [-0.1, -0.05) is 30.3 Å². The van der Waals surface area contributed by atoms with Crippen LogP contribution in [0.15, 0.2) is 59.4 Å². The van der Waals surface area contributed by atoms with E-state index in [-0.39, 0.29) is 12.2 Å². The van der Waals surface area contributed by atoms with Crippen LogP contribution in [0.2, 0.25) is 0 Å². The molecule has 0 unspecified atom stereocenters. The molecule has 122 valence electrons. The van der Waals surface area contributed by atoms with Crippen molar-refractivity contribution in [1.82, 2.24) is 20.0 Å². The third-order valence-electron chi connectivity index (χ3n) is 3.70. The zero-order chi connectivity index (χ0) is 17.1. The van der Waals surface area contributed by atoms with Gasteiger partial charge in [0.2, 0.25) is 0 Å². The van der Waals surface area contributed by atoms with Crippen molar-refractivity contribution in [2.75, 3.05) is 0 Å². The van der Waals surface area contributed by atoms with Gasteiger partial charge in [0.15, 0.2) is 0 Å². The molecule has 1 aromatic heterocycles. The number of hydrogen-bond acceptors (Lipinski definition) is 3. The number of para-hydroxylation sites is 2. The number of carbonyl (C=O) groups is 2. The predicted molar refractivity (Wildman–Crippen MR) is 89.2 cm³/mol. The maximum atomic E-state index is 12.2. The number of benzene rings is 2. The van der Waals surface area contributed by atoms with Crippen LogP contribution >= 0.6 is 0 Å². The minimum absolute atomic E-state index is 0.185. The van der Waals surface area contributed by atoms with E-state index in [1.54, 1.807) is 49.5 Å². The summed E-state index contributed by atoms with van der Waals surface area (Å²) in [5.41, 5.74) is 6.20. The smallest absolute Gasteiger partial charge is 0.295 e. The zero-order valence-electron chi connectivity index (χ0n) is 13.0. The second kappa shape index (κ2) is 6.41. The third kappa shape index (κ3) is 2.91. The molecule has 0 fully saturated rings. The molecule has 2 N–H and O–H groups in total. The van der Waals surface area contributed by atoms with Crippen LogP contribution in [-0.4, -0.2) is 20.9 Å². The maximum absolute atomic E-state index is 12.2. The molecule has 0 bridgehead atoms. The number of hydrazine groups is 1. The molecular formula is C17H16N4O3. The number of amides is 2. The average Bonchev–Trinajstić information content (AvgIpc) is 2.86. The SMILES string of the molecule is Cn1c(=O)n(CC(=O)NNC(=O)c2ccccc2)c2ccccc21. The molecule has 7 nitrogen and oxygen atoms in total. The Kier molecular flexibility index (Phi) is 4.15. The molecule has 2 aromatic carbocycles. The van der Waals surface area contributed by atoms with Crippen molar-refractivity contribution < 1.29 is 9.59 Å². The normalized spacial score (nSPS) is 10.5. The van der Waals surface area contributed by atoms with Crippen molar-refractivity contribution in [3.8, 4) is 0 Å². The average molecular weight is 324 g/mol. The van der Waals surface area contributed by atoms with E-state index in [9.17, 15) is 14.4 Å². The van der Waals surface area contributed by atoms with Crippen molar-refractivity contribution >= 4 is 22.8 Å². The van der Waals surface area contributed by atoms with Crippen LogP contribution in [0, 0.1) is 0 Å². The predicted octanol–water partition coefficient (Wildman–Crippen LogP) is 0.801. The molecule has 0 radical (unpaired) electrons. The Balaban J connectivity index is 1.71. The summed E-state index contributed by atoms with van der Waals surface area (Å²) in [4.78, 5) is 36.2. The van der Waals surface area contributed by atoms with E-state index >= 15 is 0 Å². The summed E-state index contributed by atoms with van der Waals surface area (Å²) in [5, 5.41) is 0. The van der Waals surface area contributed by atoms with Gasteiger partial charge in [-0.05, 0) is 24.3 Å². The number of imidazole rings is 1. The first kappa shape index (κ1) is 15.5. The largest absolute Gasteiger partial charge is 0.329 e. The molecular weight excluding hydrogens is 308 g/mol. The van der Waals surface area contributed by atoms with E-state index in [0.717, 1.165) is 5.52 Å². The van der Waals surface area contributed by atoms with Crippen LogP contribution in [0.5, 0.6) is 0 Å². The van der Waals surface area contributed by atoms with Crippen LogP contribution in [0.4, 0.5) is 0 Å². The number of nitrogens with zero attached hydrogens (tertiary/aromatic N) is 2. The van der Waals surface area contributed by atoms with Gasteiger partial charge in [-0.3, -0.25) is 29.6 Å². The van der Waals surface area contributed by atoms with Gasteiger partial charge in [0, 0.05) is 12.6 Å². The highest BCUT2D eigenvalue weighted by Gasteiger charge is 2.13. The number of aryl methyl sites for hydroxylation is 1. The lowest BCUT2D eigenvalue weighted by molar-refractivity contribution is -0.122.